The molecule has 0 saturated heterocycles. The lowest BCUT2D eigenvalue weighted by atomic mass is 9.79. The average molecular weight is 406 g/mol. The molecule has 1 amide bonds. The Bertz CT molecular complexity index is 994. The minimum Gasteiger partial charge on any atom is -0.361 e. The summed E-state index contributed by atoms with van der Waals surface area (Å²) in [5, 5.41) is 6.85. The van der Waals surface area contributed by atoms with Gasteiger partial charge in [-0.05, 0) is 50.7 Å². The highest BCUT2D eigenvalue weighted by Gasteiger charge is 2.26. The van der Waals surface area contributed by atoms with Gasteiger partial charge in [0.25, 0.3) is 5.91 Å². The van der Waals surface area contributed by atoms with Crippen LogP contribution in [-0.2, 0) is 6.42 Å². The molecule has 3 aromatic heterocycles. The average Bonchev–Trinajstić information content (AvgIpc) is 3.28. The zero-order valence-electron chi connectivity index (χ0n) is 17.5. The van der Waals surface area contributed by atoms with Crippen LogP contribution in [0.15, 0.2) is 41.2 Å². The lowest BCUT2D eigenvalue weighted by Gasteiger charge is -2.29. The topological polar surface area (TPSA) is 93.8 Å². The van der Waals surface area contributed by atoms with Crippen molar-refractivity contribution in [3.05, 3.63) is 59.6 Å². The van der Waals surface area contributed by atoms with Crippen molar-refractivity contribution < 1.29 is 9.32 Å². The van der Waals surface area contributed by atoms with E-state index < -0.39 is 0 Å². The summed E-state index contributed by atoms with van der Waals surface area (Å²) >= 11 is 0. The summed E-state index contributed by atoms with van der Waals surface area (Å²) in [5.41, 5.74) is 3.40. The van der Waals surface area contributed by atoms with Crippen molar-refractivity contribution in [1.82, 2.24) is 25.4 Å². The second-order valence-corrected chi connectivity index (χ2v) is 7.89. The first kappa shape index (κ1) is 20.2. The van der Waals surface area contributed by atoms with Gasteiger partial charge in [0.2, 0.25) is 0 Å². The van der Waals surface area contributed by atoms with Crippen molar-refractivity contribution in [2.24, 2.45) is 5.92 Å². The van der Waals surface area contributed by atoms with E-state index in [1.165, 1.54) is 0 Å². The highest BCUT2D eigenvalue weighted by molar-refractivity contribution is 5.92. The molecule has 30 heavy (non-hydrogen) atoms. The third kappa shape index (κ3) is 4.56. The van der Waals surface area contributed by atoms with Crippen molar-refractivity contribution in [2.75, 3.05) is 6.54 Å². The first-order valence-corrected chi connectivity index (χ1v) is 10.6. The van der Waals surface area contributed by atoms with E-state index in [0.29, 0.717) is 24.1 Å². The molecule has 1 aliphatic carbocycles. The number of nitrogens with zero attached hydrogens (tertiary/aromatic N) is 4. The molecule has 3 heterocycles. The van der Waals surface area contributed by atoms with E-state index in [-0.39, 0.29) is 5.91 Å². The number of nitrogens with one attached hydrogen (secondary N) is 1. The van der Waals surface area contributed by atoms with Gasteiger partial charge in [-0.1, -0.05) is 18.1 Å². The first-order chi connectivity index (χ1) is 14.6. The number of hydrogen-bond donors (Lipinski definition) is 1. The quantitative estimate of drug-likeness (QED) is 0.663. The lowest BCUT2D eigenvalue weighted by molar-refractivity contribution is 0.0933. The number of rotatable bonds is 6. The maximum Gasteiger partial charge on any atom is 0.273 e. The predicted molar refractivity (Wildman–Crippen MR) is 113 cm³/mol. The van der Waals surface area contributed by atoms with E-state index in [4.69, 9.17) is 9.51 Å². The van der Waals surface area contributed by atoms with Crippen molar-refractivity contribution >= 4 is 5.91 Å². The van der Waals surface area contributed by atoms with Crippen LogP contribution in [0.4, 0.5) is 0 Å². The molecule has 0 atom stereocenters. The van der Waals surface area contributed by atoms with Gasteiger partial charge in [-0.2, -0.15) is 0 Å². The van der Waals surface area contributed by atoms with E-state index >= 15 is 0 Å². The van der Waals surface area contributed by atoms with Gasteiger partial charge in [-0.15, -0.1) is 0 Å². The molecule has 0 bridgehead atoms. The van der Waals surface area contributed by atoms with Gasteiger partial charge in [0.15, 0.2) is 5.69 Å². The molecule has 7 heteroatoms. The van der Waals surface area contributed by atoms with Crippen molar-refractivity contribution in [3.63, 3.8) is 0 Å². The fraction of sp³-hybridized carbons (Fsp3) is 0.435. The first-order valence-electron chi connectivity index (χ1n) is 10.6. The monoisotopic (exact) mass is 405 g/mol. The third-order valence-corrected chi connectivity index (χ3v) is 5.80. The molecule has 0 unspecified atom stereocenters. The molecule has 1 N–H and O–H groups in total. The smallest absolute Gasteiger partial charge is 0.273 e. The maximum absolute atomic E-state index is 12.3. The van der Waals surface area contributed by atoms with Crippen LogP contribution in [0.1, 0.15) is 66.3 Å². The summed E-state index contributed by atoms with van der Waals surface area (Å²) in [7, 11) is 0. The van der Waals surface area contributed by atoms with Crippen LogP contribution < -0.4 is 5.32 Å². The van der Waals surface area contributed by atoms with Crippen molar-refractivity contribution in [1.29, 1.82) is 0 Å². The second-order valence-electron chi connectivity index (χ2n) is 7.89. The zero-order chi connectivity index (χ0) is 20.9. The number of aryl methyl sites for hydroxylation is 2. The standard InChI is InChI=1S/C23H27N5O2/c1-3-18-12-21(28-30-18)23(29)26-13-16-7-9-17(10-8-16)22-19(14-25-15(2)27-22)20-6-4-5-11-24-20/h4-6,11-12,14,16-17H,3,7-10,13H2,1-2H3,(H,26,29). The molecule has 0 spiro atoms. The number of aromatic nitrogens is 4. The summed E-state index contributed by atoms with van der Waals surface area (Å²) < 4.78 is 5.12. The molecule has 0 radical (unpaired) electrons. The number of carbonyl (C=O) groups is 1. The summed E-state index contributed by atoms with van der Waals surface area (Å²) in [5.74, 6) is 2.20. The summed E-state index contributed by atoms with van der Waals surface area (Å²) in [6.07, 6.45) is 8.61. The van der Waals surface area contributed by atoms with Crippen LogP contribution in [0.5, 0.6) is 0 Å². The van der Waals surface area contributed by atoms with E-state index in [2.05, 4.69) is 20.4 Å². The fourth-order valence-electron chi connectivity index (χ4n) is 4.07. The molecule has 7 nitrogen and oxygen atoms in total. The molecule has 0 aliphatic heterocycles. The van der Waals surface area contributed by atoms with E-state index in [0.717, 1.165) is 60.6 Å². The Labute approximate surface area is 176 Å². The summed E-state index contributed by atoms with van der Waals surface area (Å²) in [6, 6.07) is 7.62. The van der Waals surface area contributed by atoms with Crippen LogP contribution in [0.2, 0.25) is 0 Å². The number of carbonyl (C=O) groups excluding carboxylic acids is 1. The van der Waals surface area contributed by atoms with Gasteiger partial charge in [0, 0.05) is 42.9 Å². The SMILES string of the molecule is CCc1cc(C(=O)NCC2CCC(c3nc(C)ncc3-c3ccccn3)CC2)no1. The van der Waals surface area contributed by atoms with Crippen molar-refractivity contribution in [3.8, 4) is 11.3 Å². The van der Waals surface area contributed by atoms with Gasteiger partial charge >= 0.3 is 0 Å². The lowest BCUT2D eigenvalue weighted by Crippen LogP contribution is -2.31. The number of amides is 1. The minimum atomic E-state index is -0.163. The molecule has 4 rings (SSSR count). The number of pyridine rings is 1. The Morgan fingerprint density at radius 2 is 2.03 bits per heavy atom. The van der Waals surface area contributed by atoms with Gasteiger partial charge in [-0.25, -0.2) is 9.97 Å². The van der Waals surface area contributed by atoms with Crippen LogP contribution in [0, 0.1) is 12.8 Å². The van der Waals surface area contributed by atoms with Gasteiger partial charge in [-0.3, -0.25) is 9.78 Å². The maximum atomic E-state index is 12.3. The molecule has 0 aromatic carbocycles. The normalized spacial score (nSPS) is 18.9. The number of hydrogen-bond acceptors (Lipinski definition) is 6. The Kier molecular flexibility index (Phi) is 6.16. The Balaban J connectivity index is 1.37. The molecular formula is C23H27N5O2. The van der Waals surface area contributed by atoms with E-state index in [1.54, 1.807) is 12.3 Å². The van der Waals surface area contributed by atoms with Crippen LogP contribution >= 0.6 is 0 Å². The Morgan fingerprint density at radius 3 is 2.73 bits per heavy atom. The van der Waals surface area contributed by atoms with Gasteiger partial charge in [0.1, 0.15) is 11.6 Å². The van der Waals surface area contributed by atoms with Crippen LogP contribution in [0.25, 0.3) is 11.3 Å². The Hall–Kier alpha value is -3.09. The van der Waals surface area contributed by atoms with Crippen LogP contribution in [0.3, 0.4) is 0 Å². The molecular weight excluding hydrogens is 378 g/mol. The van der Waals surface area contributed by atoms with Crippen LogP contribution in [-0.4, -0.2) is 32.6 Å². The van der Waals surface area contributed by atoms with Gasteiger partial charge in [0.05, 0.1) is 11.4 Å². The summed E-state index contributed by atoms with van der Waals surface area (Å²) in [6.45, 7) is 4.57. The largest absolute Gasteiger partial charge is 0.361 e. The fourth-order valence-corrected chi connectivity index (χ4v) is 4.07. The molecule has 1 aliphatic rings. The van der Waals surface area contributed by atoms with E-state index in [9.17, 15) is 4.79 Å². The third-order valence-electron chi connectivity index (χ3n) is 5.80. The Morgan fingerprint density at radius 1 is 1.20 bits per heavy atom. The second kappa shape index (κ2) is 9.15. The molecule has 1 saturated carbocycles. The molecule has 156 valence electrons. The zero-order valence-corrected chi connectivity index (χ0v) is 17.5. The molecule has 1 fully saturated rings. The summed E-state index contributed by atoms with van der Waals surface area (Å²) in [4.78, 5) is 26.0. The van der Waals surface area contributed by atoms with Gasteiger partial charge < -0.3 is 9.84 Å². The highest BCUT2D eigenvalue weighted by atomic mass is 16.5. The highest BCUT2D eigenvalue weighted by Crippen LogP contribution is 2.38. The molecule has 3 aromatic rings. The predicted octanol–water partition coefficient (Wildman–Crippen LogP) is 4.10. The van der Waals surface area contributed by atoms with Crippen molar-refractivity contribution in [2.45, 2.75) is 51.9 Å². The van der Waals surface area contributed by atoms with E-state index in [1.807, 2.05) is 38.2 Å². The minimum absolute atomic E-state index is 0.163.